The molecule has 9 heavy (non-hydrogen) atoms. The fourth-order valence-corrected chi connectivity index (χ4v) is 0.667. The molecule has 0 atom stereocenters. The third kappa shape index (κ3) is 1.82. The van der Waals surface area contributed by atoms with Crippen LogP contribution in [0.4, 0.5) is 0 Å². The van der Waals surface area contributed by atoms with Gasteiger partial charge < -0.3 is 0 Å². The van der Waals surface area contributed by atoms with Crippen molar-refractivity contribution in [1.82, 2.24) is 4.98 Å². The third-order valence-corrected chi connectivity index (χ3v) is 1.14. The SMILES string of the molecule is [O]CCc1ccncc1. The molecular formula is C7H8NO. The van der Waals surface area contributed by atoms with Gasteiger partial charge in [0, 0.05) is 12.4 Å². The highest BCUT2D eigenvalue weighted by Crippen LogP contribution is 1.95. The fraction of sp³-hybridized carbons (Fsp3) is 0.286. The smallest absolute Gasteiger partial charge is 0.0862 e. The van der Waals surface area contributed by atoms with Crippen LogP contribution in [-0.4, -0.2) is 11.6 Å². The Morgan fingerprint density at radius 2 is 2.00 bits per heavy atom. The van der Waals surface area contributed by atoms with Crippen LogP contribution in [0.2, 0.25) is 0 Å². The van der Waals surface area contributed by atoms with Gasteiger partial charge in [-0.05, 0) is 24.1 Å². The Bertz CT molecular complexity index is 162. The molecule has 1 aromatic heterocycles. The molecule has 1 aromatic rings. The van der Waals surface area contributed by atoms with E-state index in [4.69, 9.17) is 0 Å². The van der Waals surface area contributed by atoms with E-state index in [1.165, 1.54) is 0 Å². The monoisotopic (exact) mass is 122 g/mol. The topological polar surface area (TPSA) is 32.8 Å². The zero-order valence-electron chi connectivity index (χ0n) is 5.08. The zero-order valence-corrected chi connectivity index (χ0v) is 5.08. The minimum atomic E-state index is -0.0377. The lowest BCUT2D eigenvalue weighted by Gasteiger charge is -1.91. The third-order valence-electron chi connectivity index (χ3n) is 1.14. The van der Waals surface area contributed by atoms with Gasteiger partial charge in [-0.1, -0.05) is 0 Å². The van der Waals surface area contributed by atoms with E-state index >= 15 is 0 Å². The molecule has 0 bridgehead atoms. The second kappa shape index (κ2) is 3.20. The van der Waals surface area contributed by atoms with Crippen LogP contribution in [0.25, 0.3) is 0 Å². The lowest BCUT2D eigenvalue weighted by Crippen LogP contribution is -1.87. The summed E-state index contributed by atoms with van der Waals surface area (Å²) in [5, 5.41) is 10.1. The summed E-state index contributed by atoms with van der Waals surface area (Å²) in [5.74, 6) is 0. The molecule has 0 N–H and O–H groups in total. The molecular weight excluding hydrogens is 114 g/mol. The number of hydrogen-bond acceptors (Lipinski definition) is 1. The minimum absolute atomic E-state index is 0.0377. The van der Waals surface area contributed by atoms with E-state index in [9.17, 15) is 5.11 Å². The Balaban J connectivity index is 2.61. The summed E-state index contributed by atoms with van der Waals surface area (Å²) in [5.41, 5.74) is 1.07. The van der Waals surface area contributed by atoms with Crippen LogP contribution in [0.5, 0.6) is 0 Å². The lowest BCUT2D eigenvalue weighted by molar-refractivity contribution is 0.197. The van der Waals surface area contributed by atoms with Crippen molar-refractivity contribution < 1.29 is 5.11 Å². The molecule has 1 rings (SSSR count). The molecule has 0 fully saturated rings. The van der Waals surface area contributed by atoms with Crippen LogP contribution in [0.1, 0.15) is 5.56 Å². The Kier molecular flexibility index (Phi) is 2.22. The van der Waals surface area contributed by atoms with Crippen molar-refractivity contribution in [2.45, 2.75) is 6.42 Å². The average Bonchev–Trinajstić information content (AvgIpc) is 1.91. The summed E-state index contributed by atoms with van der Waals surface area (Å²) in [7, 11) is 0. The standard InChI is InChI=1S/C7H8NO/c9-6-3-7-1-4-8-5-2-7/h1-2,4-5H,3,6H2. The van der Waals surface area contributed by atoms with Crippen molar-refractivity contribution in [2.75, 3.05) is 6.61 Å². The van der Waals surface area contributed by atoms with Gasteiger partial charge in [-0.25, -0.2) is 5.11 Å². The lowest BCUT2D eigenvalue weighted by atomic mass is 10.2. The summed E-state index contributed by atoms with van der Waals surface area (Å²) in [6.45, 7) is -0.0377. The Hall–Kier alpha value is -0.890. The summed E-state index contributed by atoms with van der Waals surface area (Å²) in [6, 6.07) is 3.72. The van der Waals surface area contributed by atoms with E-state index in [0.717, 1.165) is 5.56 Å². The summed E-state index contributed by atoms with van der Waals surface area (Å²) >= 11 is 0. The van der Waals surface area contributed by atoms with E-state index in [1.54, 1.807) is 12.4 Å². The predicted octanol–water partition coefficient (Wildman–Crippen LogP) is 1.05. The molecule has 2 nitrogen and oxygen atoms in total. The van der Waals surface area contributed by atoms with Crippen LogP contribution >= 0.6 is 0 Å². The molecule has 0 aliphatic rings. The molecule has 47 valence electrons. The first kappa shape index (κ1) is 6.23. The molecule has 0 saturated heterocycles. The van der Waals surface area contributed by atoms with Gasteiger partial charge in [-0.3, -0.25) is 4.98 Å². The molecule has 2 heteroatoms. The number of hydrogen-bond donors (Lipinski definition) is 0. The predicted molar refractivity (Wildman–Crippen MR) is 33.5 cm³/mol. The Labute approximate surface area is 54.2 Å². The van der Waals surface area contributed by atoms with Crippen molar-refractivity contribution in [3.05, 3.63) is 30.1 Å². The highest BCUT2D eigenvalue weighted by molar-refractivity contribution is 5.09. The van der Waals surface area contributed by atoms with Crippen LogP contribution in [0, 0.1) is 0 Å². The molecule has 0 aliphatic heterocycles. The van der Waals surface area contributed by atoms with E-state index in [-0.39, 0.29) is 6.61 Å². The number of aromatic nitrogens is 1. The van der Waals surface area contributed by atoms with Crippen LogP contribution in [-0.2, 0) is 11.5 Å². The molecule has 0 unspecified atom stereocenters. The zero-order chi connectivity index (χ0) is 6.53. The van der Waals surface area contributed by atoms with Gasteiger partial charge in [0.15, 0.2) is 0 Å². The van der Waals surface area contributed by atoms with Crippen molar-refractivity contribution in [3.63, 3.8) is 0 Å². The summed E-state index contributed by atoms with van der Waals surface area (Å²) in [4.78, 5) is 3.83. The first-order chi connectivity index (χ1) is 4.43. The second-order valence-electron chi connectivity index (χ2n) is 1.81. The average molecular weight is 122 g/mol. The minimum Gasteiger partial charge on any atom is -0.265 e. The van der Waals surface area contributed by atoms with Gasteiger partial charge in [0.05, 0.1) is 6.61 Å². The number of pyridine rings is 1. The highest BCUT2D eigenvalue weighted by atomic mass is 16.2. The van der Waals surface area contributed by atoms with Gasteiger partial charge in [0.25, 0.3) is 0 Å². The molecule has 1 radical (unpaired) electrons. The van der Waals surface area contributed by atoms with E-state index in [1.807, 2.05) is 12.1 Å². The van der Waals surface area contributed by atoms with E-state index < -0.39 is 0 Å². The molecule has 0 spiro atoms. The number of nitrogens with zero attached hydrogens (tertiary/aromatic N) is 1. The highest BCUT2D eigenvalue weighted by Gasteiger charge is 1.87. The maximum atomic E-state index is 10.1. The van der Waals surface area contributed by atoms with Crippen molar-refractivity contribution in [1.29, 1.82) is 0 Å². The van der Waals surface area contributed by atoms with Gasteiger partial charge in [-0.2, -0.15) is 0 Å². The maximum Gasteiger partial charge on any atom is 0.0862 e. The van der Waals surface area contributed by atoms with E-state index in [2.05, 4.69) is 4.98 Å². The van der Waals surface area contributed by atoms with Crippen LogP contribution in [0.3, 0.4) is 0 Å². The van der Waals surface area contributed by atoms with E-state index in [0.29, 0.717) is 6.42 Å². The van der Waals surface area contributed by atoms with Gasteiger partial charge in [-0.15, -0.1) is 0 Å². The van der Waals surface area contributed by atoms with Gasteiger partial charge in [0.2, 0.25) is 0 Å². The maximum absolute atomic E-state index is 10.1. The fourth-order valence-electron chi connectivity index (χ4n) is 0.667. The molecule has 0 saturated carbocycles. The second-order valence-corrected chi connectivity index (χ2v) is 1.81. The van der Waals surface area contributed by atoms with Crippen molar-refractivity contribution >= 4 is 0 Å². The molecule has 0 aliphatic carbocycles. The van der Waals surface area contributed by atoms with Crippen LogP contribution in [0.15, 0.2) is 24.5 Å². The summed E-state index contributed by atoms with van der Waals surface area (Å²) in [6.07, 6.45) is 4.01. The normalized spacial score (nSPS) is 9.44. The molecule has 0 amide bonds. The molecule has 1 heterocycles. The molecule has 0 aromatic carbocycles. The van der Waals surface area contributed by atoms with Gasteiger partial charge in [0.1, 0.15) is 0 Å². The Morgan fingerprint density at radius 3 is 2.56 bits per heavy atom. The van der Waals surface area contributed by atoms with Crippen molar-refractivity contribution in [2.24, 2.45) is 0 Å². The van der Waals surface area contributed by atoms with Gasteiger partial charge >= 0.3 is 0 Å². The first-order valence-corrected chi connectivity index (χ1v) is 2.90. The summed E-state index contributed by atoms with van der Waals surface area (Å²) < 4.78 is 0. The van der Waals surface area contributed by atoms with Crippen molar-refractivity contribution in [3.8, 4) is 0 Å². The first-order valence-electron chi connectivity index (χ1n) is 2.90. The largest absolute Gasteiger partial charge is 0.265 e. The Morgan fingerprint density at radius 1 is 1.33 bits per heavy atom. The quantitative estimate of drug-likeness (QED) is 0.577. The number of rotatable bonds is 2. The van der Waals surface area contributed by atoms with Crippen LogP contribution < -0.4 is 0 Å².